The Morgan fingerprint density at radius 2 is 1.68 bits per heavy atom. The summed E-state index contributed by atoms with van der Waals surface area (Å²) in [7, 11) is 0. The summed E-state index contributed by atoms with van der Waals surface area (Å²) < 4.78 is 0. The molecule has 1 aliphatic rings. The fraction of sp³-hybridized carbons (Fsp3) is 0.368. The van der Waals surface area contributed by atoms with Crippen LogP contribution in [0, 0.1) is 0 Å². The van der Waals surface area contributed by atoms with Crippen molar-refractivity contribution in [3.63, 3.8) is 0 Å². The van der Waals surface area contributed by atoms with Crippen LogP contribution in [0.25, 0.3) is 0 Å². The summed E-state index contributed by atoms with van der Waals surface area (Å²) in [5.41, 5.74) is 6.69. The lowest BCUT2D eigenvalue weighted by Gasteiger charge is -2.28. The lowest BCUT2D eigenvalue weighted by Crippen LogP contribution is -2.40. The minimum Gasteiger partial charge on any atom is -0.364 e. The molecule has 0 spiro atoms. The molecular formula is C19H22N4O2. The van der Waals surface area contributed by atoms with E-state index < -0.39 is 5.91 Å². The van der Waals surface area contributed by atoms with Gasteiger partial charge in [0.15, 0.2) is 0 Å². The van der Waals surface area contributed by atoms with Gasteiger partial charge < -0.3 is 10.6 Å². The van der Waals surface area contributed by atoms with Crippen molar-refractivity contribution in [1.82, 2.24) is 14.9 Å². The Hall–Kier alpha value is -2.76. The fourth-order valence-corrected chi connectivity index (χ4v) is 3.27. The molecule has 0 unspecified atom stereocenters. The van der Waals surface area contributed by atoms with E-state index in [1.165, 1.54) is 18.0 Å². The van der Waals surface area contributed by atoms with E-state index in [0.717, 1.165) is 32.1 Å². The number of carbonyl (C=O) groups excluding carboxylic acids is 2. The van der Waals surface area contributed by atoms with Gasteiger partial charge in [0.25, 0.3) is 11.8 Å². The van der Waals surface area contributed by atoms with E-state index in [9.17, 15) is 9.59 Å². The van der Waals surface area contributed by atoms with E-state index >= 15 is 0 Å². The predicted molar refractivity (Wildman–Crippen MR) is 94.0 cm³/mol. The Balaban J connectivity index is 1.75. The number of carbonyl (C=O) groups is 2. The van der Waals surface area contributed by atoms with Crippen molar-refractivity contribution in [2.75, 3.05) is 6.54 Å². The highest BCUT2D eigenvalue weighted by molar-refractivity contribution is 5.94. The molecule has 25 heavy (non-hydrogen) atoms. The zero-order valence-corrected chi connectivity index (χ0v) is 14.1. The second-order valence-electron chi connectivity index (χ2n) is 6.32. The third-order valence-corrected chi connectivity index (χ3v) is 4.63. The number of benzene rings is 1. The van der Waals surface area contributed by atoms with E-state index in [1.807, 2.05) is 23.1 Å². The second kappa shape index (κ2) is 7.88. The van der Waals surface area contributed by atoms with Crippen LogP contribution in [0.3, 0.4) is 0 Å². The molecule has 0 bridgehead atoms. The van der Waals surface area contributed by atoms with Crippen LogP contribution in [0.4, 0.5) is 0 Å². The van der Waals surface area contributed by atoms with E-state index in [0.29, 0.717) is 6.54 Å². The van der Waals surface area contributed by atoms with Gasteiger partial charge in [-0.15, -0.1) is 0 Å². The van der Waals surface area contributed by atoms with Crippen LogP contribution >= 0.6 is 0 Å². The van der Waals surface area contributed by atoms with Crippen molar-refractivity contribution in [3.05, 3.63) is 59.7 Å². The van der Waals surface area contributed by atoms with Crippen LogP contribution in [-0.4, -0.2) is 39.3 Å². The fourth-order valence-electron chi connectivity index (χ4n) is 3.27. The number of nitrogens with zero attached hydrogens (tertiary/aromatic N) is 3. The molecule has 6 nitrogen and oxygen atoms in total. The van der Waals surface area contributed by atoms with Crippen LogP contribution in [0.2, 0.25) is 0 Å². The first-order valence-corrected chi connectivity index (χ1v) is 8.62. The minimum absolute atomic E-state index is 0.0632. The number of nitrogens with two attached hydrogens (primary N) is 1. The summed E-state index contributed by atoms with van der Waals surface area (Å²) in [6.45, 7) is 0.646. The Morgan fingerprint density at radius 1 is 1.04 bits per heavy atom. The van der Waals surface area contributed by atoms with Crippen LogP contribution < -0.4 is 5.73 Å². The average Bonchev–Trinajstić information content (AvgIpc) is 3.17. The molecule has 0 saturated heterocycles. The highest BCUT2D eigenvalue weighted by Gasteiger charge is 2.28. The van der Waals surface area contributed by atoms with E-state index in [2.05, 4.69) is 22.1 Å². The van der Waals surface area contributed by atoms with Gasteiger partial charge in [-0.25, -0.2) is 9.97 Å². The Bertz CT molecular complexity index is 725. The third-order valence-electron chi connectivity index (χ3n) is 4.63. The van der Waals surface area contributed by atoms with Crippen molar-refractivity contribution in [1.29, 1.82) is 0 Å². The molecule has 1 aromatic carbocycles. The molecule has 6 heteroatoms. The van der Waals surface area contributed by atoms with Crippen LogP contribution in [0.1, 0.15) is 52.2 Å². The van der Waals surface area contributed by atoms with Gasteiger partial charge in [0.05, 0.1) is 12.4 Å². The molecule has 2 N–H and O–H groups in total. The van der Waals surface area contributed by atoms with Gasteiger partial charge in [-0.1, -0.05) is 43.2 Å². The average molecular weight is 338 g/mol. The SMILES string of the molecule is NC(=O)c1cnc(C(=O)N(CCc2ccccc2)C2CCCC2)cn1. The maximum Gasteiger partial charge on any atom is 0.274 e. The maximum absolute atomic E-state index is 12.9. The molecule has 3 rings (SSSR count). The Morgan fingerprint density at radius 3 is 2.28 bits per heavy atom. The first-order chi connectivity index (χ1) is 12.1. The molecule has 1 aromatic heterocycles. The first-order valence-electron chi connectivity index (χ1n) is 8.62. The Kier molecular flexibility index (Phi) is 5.38. The number of hydrogen-bond acceptors (Lipinski definition) is 4. The topological polar surface area (TPSA) is 89.2 Å². The molecule has 1 heterocycles. The Labute approximate surface area is 147 Å². The van der Waals surface area contributed by atoms with Gasteiger partial charge in [-0.2, -0.15) is 0 Å². The summed E-state index contributed by atoms with van der Waals surface area (Å²) >= 11 is 0. The zero-order chi connectivity index (χ0) is 17.6. The highest BCUT2D eigenvalue weighted by atomic mass is 16.2. The van der Waals surface area contributed by atoms with Crippen molar-refractivity contribution in [3.8, 4) is 0 Å². The molecule has 0 radical (unpaired) electrons. The quantitative estimate of drug-likeness (QED) is 0.874. The van der Waals surface area contributed by atoms with Crippen molar-refractivity contribution in [2.45, 2.75) is 38.1 Å². The van der Waals surface area contributed by atoms with Gasteiger partial charge in [0, 0.05) is 12.6 Å². The summed E-state index contributed by atoms with van der Waals surface area (Å²) in [5.74, 6) is -0.783. The van der Waals surface area contributed by atoms with E-state index in [-0.39, 0.29) is 23.3 Å². The number of primary amides is 1. The molecule has 130 valence electrons. The number of rotatable bonds is 6. The lowest BCUT2D eigenvalue weighted by molar-refractivity contribution is 0.0676. The summed E-state index contributed by atoms with van der Waals surface area (Å²) in [6.07, 6.45) is 7.74. The third kappa shape index (κ3) is 4.21. The van der Waals surface area contributed by atoms with E-state index in [4.69, 9.17) is 5.73 Å². The highest BCUT2D eigenvalue weighted by Crippen LogP contribution is 2.25. The maximum atomic E-state index is 12.9. The largest absolute Gasteiger partial charge is 0.364 e. The first kappa shape index (κ1) is 17.1. The molecule has 2 aromatic rings. The summed E-state index contributed by atoms with van der Waals surface area (Å²) in [5, 5.41) is 0. The number of aromatic nitrogens is 2. The smallest absolute Gasteiger partial charge is 0.274 e. The molecule has 0 aliphatic heterocycles. The summed E-state index contributed by atoms with van der Waals surface area (Å²) in [6, 6.07) is 10.4. The van der Waals surface area contributed by atoms with Crippen LogP contribution in [0.15, 0.2) is 42.7 Å². The van der Waals surface area contributed by atoms with Crippen LogP contribution in [0.5, 0.6) is 0 Å². The van der Waals surface area contributed by atoms with Crippen molar-refractivity contribution >= 4 is 11.8 Å². The molecule has 1 saturated carbocycles. The second-order valence-corrected chi connectivity index (χ2v) is 6.32. The molecule has 2 amide bonds. The number of amides is 2. The van der Waals surface area contributed by atoms with Crippen LogP contribution in [-0.2, 0) is 6.42 Å². The normalized spacial score (nSPS) is 14.4. The van der Waals surface area contributed by atoms with Crippen molar-refractivity contribution in [2.24, 2.45) is 5.73 Å². The van der Waals surface area contributed by atoms with Gasteiger partial charge in [-0.3, -0.25) is 9.59 Å². The van der Waals surface area contributed by atoms with Crippen molar-refractivity contribution < 1.29 is 9.59 Å². The standard InChI is InChI=1S/C19H22N4O2/c20-18(24)16-12-22-17(13-21-16)19(25)23(15-8-4-5-9-15)11-10-14-6-2-1-3-7-14/h1-3,6-7,12-13,15H,4-5,8-11H2,(H2,20,24). The zero-order valence-electron chi connectivity index (χ0n) is 14.1. The monoisotopic (exact) mass is 338 g/mol. The molecule has 0 atom stereocenters. The van der Waals surface area contributed by atoms with E-state index in [1.54, 1.807) is 0 Å². The number of hydrogen-bond donors (Lipinski definition) is 1. The lowest BCUT2D eigenvalue weighted by atomic mass is 10.1. The molecular weight excluding hydrogens is 316 g/mol. The van der Waals surface area contributed by atoms with Gasteiger partial charge in [0.1, 0.15) is 11.4 Å². The molecule has 1 fully saturated rings. The predicted octanol–water partition coefficient (Wildman–Crippen LogP) is 2.20. The summed E-state index contributed by atoms with van der Waals surface area (Å²) in [4.78, 5) is 34.0. The van der Waals surface area contributed by atoms with Gasteiger partial charge >= 0.3 is 0 Å². The van der Waals surface area contributed by atoms with Gasteiger partial charge in [0.2, 0.25) is 0 Å². The molecule has 1 aliphatic carbocycles. The minimum atomic E-state index is -0.650. The van der Waals surface area contributed by atoms with Gasteiger partial charge in [-0.05, 0) is 24.8 Å².